The van der Waals surface area contributed by atoms with E-state index >= 15 is 0 Å². The van der Waals surface area contributed by atoms with E-state index in [1.54, 1.807) is 38.1 Å². The van der Waals surface area contributed by atoms with Gasteiger partial charge in [0.2, 0.25) is 10.0 Å². The van der Waals surface area contributed by atoms with Crippen molar-refractivity contribution in [3.63, 3.8) is 0 Å². The summed E-state index contributed by atoms with van der Waals surface area (Å²) in [5, 5.41) is 8.78. The molecule has 0 spiro atoms. The van der Waals surface area contributed by atoms with Crippen LogP contribution in [0.25, 0.3) is 0 Å². The second-order valence-electron chi connectivity index (χ2n) is 7.07. The summed E-state index contributed by atoms with van der Waals surface area (Å²) in [5.74, 6) is -0.498. The molecular formula is C22H26N2O4S. The van der Waals surface area contributed by atoms with Crippen LogP contribution in [0.3, 0.4) is 0 Å². The van der Waals surface area contributed by atoms with E-state index in [4.69, 9.17) is 10.00 Å². The predicted octanol–water partition coefficient (Wildman–Crippen LogP) is 3.51. The first-order valence-corrected chi connectivity index (χ1v) is 10.8. The number of benzene rings is 2. The molecule has 1 N–H and O–H groups in total. The lowest BCUT2D eigenvalue weighted by molar-refractivity contribution is -0.144. The Morgan fingerprint density at radius 3 is 2.00 bits per heavy atom. The summed E-state index contributed by atoms with van der Waals surface area (Å²) in [7, 11) is -3.74. The Labute approximate surface area is 172 Å². The van der Waals surface area contributed by atoms with Crippen molar-refractivity contribution in [2.24, 2.45) is 0 Å². The summed E-state index contributed by atoms with van der Waals surface area (Å²) in [5.41, 5.74) is 5.73. The molecule has 0 bridgehead atoms. The van der Waals surface area contributed by atoms with Gasteiger partial charge in [-0.2, -0.15) is 5.26 Å². The monoisotopic (exact) mass is 414 g/mol. The van der Waals surface area contributed by atoms with E-state index in [0.717, 1.165) is 33.4 Å². The van der Waals surface area contributed by atoms with Crippen molar-refractivity contribution in [2.45, 2.75) is 52.5 Å². The molecule has 0 unspecified atom stereocenters. The van der Waals surface area contributed by atoms with E-state index in [2.05, 4.69) is 4.72 Å². The van der Waals surface area contributed by atoms with Crippen LogP contribution in [0.15, 0.2) is 29.2 Å². The lowest BCUT2D eigenvalue weighted by Gasteiger charge is -2.19. The van der Waals surface area contributed by atoms with Crippen molar-refractivity contribution in [1.82, 2.24) is 4.72 Å². The molecular weight excluding hydrogens is 388 g/mol. The first kappa shape index (κ1) is 22.6. The Balaban J connectivity index is 1.97. The van der Waals surface area contributed by atoms with Crippen LogP contribution < -0.4 is 4.72 Å². The molecule has 154 valence electrons. The number of nitrogens with one attached hydrogen (secondary N) is 1. The van der Waals surface area contributed by atoms with Crippen LogP contribution in [0.1, 0.15) is 45.4 Å². The molecule has 0 saturated carbocycles. The lowest BCUT2D eigenvalue weighted by Crippen LogP contribution is -2.28. The number of nitriles is 1. The van der Waals surface area contributed by atoms with Gasteiger partial charge >= 0.3 is 5.97 Å². The van der Waals surface area contributed by atoms with E-state index in [1.165, 1.54) is 0 Å². The van der Waals surface area contributed by atoms with E-state index in [-0.39, 0.29) is 24.5 Å². The molecule has 2 aromatic rings. The van der Waals surface area contributed by atoms with Gasteiger partial charge in [0.1, 0.15) is 6.61 Å². The summed E-state index contributed by atoms with van der Waals surface area (Å²) < 4.78 is 33.3. The van der Waals surface area contributed by atoms with Gasteiger partial charge in [-0.1, -0.05) is 12.1 Å². The average Bonchev–Trinajstić information content (AvgIpc) is 2.69. The summed E-state index contributed by atoms with van der Waals surface area (Å²) in [6.07, 6.45) is -0.0720. The van der Waals surface area contributed by atoms with Crippen molar-refractivity contribution >= 4 is 16.0 Å². The molecule has 0 fully saturated rings. The molecule has 0 radical (unpaired) electrons. The zero-order chi connectivity index (χ0) is 21.8. The van der Waals surface area contributed by atoms with Gasteiger partial charge in [-0.05, 0) is 80.1 Å². The minimum absolute atomic E-state index is 0.0423. The summed E-state index contributed by atoms with van der Waals surface area (Å²) in [6, 6.07) is 8.73. The van der Waals surface area contributed by atoms with Crippen LogP contribution in [0.5, 0.6) is 0 Å². The Morgan fingerprint density at radius 1 is 0.966 bits per heavy atom. The molecule has 7 heteroatoms. The number of rotatable bonds is 7. The topological polar surface area (TPSA) is 96.3 Å². The molecule has 0 aromatic heterocycles. The van der Waals surface area contributed by atoms with Gasteiger partial charge < -0.3 is 4.74 Å². The highest BCUT2D eigenvalue weighted by atomic mass is 32.2. The fraction of sp³-hybridized carbons (Fsp3) is 0.364. The number of ether oxygens (including phenoxy) is 1. The van der Waals surface area contributed by atoms with Crippen LogP contribution >= 0.6 is 0 Å². The number of hydrogen-bond donors (Lipinski definition) is 1. The van der Waals surface area contributed by atoms with Gasteiger partial charge in [-0.3, -0.25) is 4.79 Å². The summed E-state index contributed by atoms with van der Waals surface area (Å²) in [4.78, 5) is 12.2. The van der Waals surface area contributed by atoms with Crippen molar-refractivity contribution in [2.75, 3.05) is 6.54 Å². The molecule has 0 aliphatic heterocycles. The van der Waals surface area contributed by atoms with Crippen LogP contribution in [0, 0.1) is 45.9 Å². The van der Waals surface area contributed by atoms with Gasteiger partial charge in [0.05, 0.1) is 22.9 Å². The second-order valence-corrected chi connectivity index (χ2v) is 8.78. The first-order chi connectivity index (χ1) is 13.6. The highest BCUT2D eigenvalue weighted by molar-refractivity contribution is 7.89. The quantitative estimate of drug-likeness (QED) is 0.700. The smallest absolute Gasteiger partial charge is 0.307 e. The molecule has 0 aliphatic rings. The minimum atomic E-state index is -3.74. The van der Waals surface area contributed by atoms with Gasteiger partial charge in [0.15, 0.2) is 0 Å². The SMILES string of the molecule is Cc1c(C)c(C)c(S(=O)(=O)NCCC(=O)OCc2ccc(C#N)cc2)c(C)c1C. The fourth-order valence-corrected chi connectivity index (χ4v) is 4.77. The number of nitrogens with zero attached hydrogens (tertiary/aromatic N) is 1. The third-order valence-corrected chi connectivity index (χ3v) is 7.04. The van der Waals surface area contributed by atoms with Gasteiger partial charge in [0.25, 0.3) is 0 Å². The molecule has 0 amide bonds. The highest BCUT2D eigenvalue weighted by Crippen LogP contribution is 2.29. The fourth-order valence-electron chi connectivity index (χ4n) is 3.14. The molecule has 0 heterocycles. The van der Waals surface area contributed by atoms with Crippen molar-refractivity contribution < 1.29 is 17.9 Å². The van der Waals surface area contributed by atoms with Crippen LogP contribution in [0.4, 0.5) is 0 Å². The number of sulfonamides is 1. The van der Waals surface area contributed by atoms with Crippen molar-refractivity contribution in [1.29, 1.82) is 5.26 Å². The molecule has 0 aliphatic carbocycles. The van der Waals surface area contributed by atoms with E-state index in [1.807, 2.05) is 26.8 Å². The maximum absolute atomic E-state index is 12.8. The molecule has 0 saturated heterocycles. The first-order valence-electron chi connectivity index (χ1n) is 9.29. The lowest BCUT2D eigenvalue weighted by atomic mass is 9.95. The van der Waals surface area contributed by atoms with E-state index < -0.39 is 16.0 Å². The van der Waals surface area contributed by atoms with Gasteiger partial charge in [-0.15, -0.1) is 0 Å². The van der Waals surface area contributed by atoms with Crippen LogP contribution in [-0.2, 0) is 26.2 Å². The Kier molecular flexibility index (Phi) is 7.17. The minimum Gasteiger partial charge on any atom is -0.461 e. The standard InChI is InChI=1S/C22H26N2O4S/c1-14-15(2)17(4)22(18(5)16(14)3)29(26,27)24-11-10-21(25)28-13-20-8-6-19(12-23)7-9-20/h6-9,24H,10-11,13H2,1-5H3. The zero-order valence-electron chi connectivity index (χ0n) is 17.4. The highest BCUT2D eigenvalue weighted by Gasteiger charge is 2.23. The Morgan fingerprint density at radius 2 is 1.48 bits per heavy atom. The number of hydrogen-bond acceptors (Lipinski definition) is 5. The summed E-state index contributed by atoms with van der Waals surface area (Å²) >= 11 is 0. The maximum Gasteiger partial charge on any atom is 0.307 e. The summed E-state index contributed by atoms with van der Waals surface area (Å²) in [6.45, 7) is 9.45. The predicted molar refractivity (Wildman–Crippen MR) is 111 cm³/mol. The van der Waals surface area contributed by atoms with E-state index in [9.17, 15) is 13.2 Å². The average molecular weight is 415 g/mol. The second kappa shape index (κ2) is 9.21. The molecule has 0 atom stereocenters. The van der Waals surface area contributed by atoms with Gasteiger partial charge in [-0.25, -0.2) is 13.1 Å². The van der Waals surface area contributed by atoms with Crippen LogP contribution in [0.2, 0.25) is 0 Å². The zero-order valence-corrected chi connectivity index (χ0v) is 18.2. The normalized spacial score (nSPS) is 11.2. The Hall–Kier alpha value is -2.69. The molecule has 6 nitrogen and oxygen atoms in total. The number of carbonyl (C=O) groups is 1. The number of esters is 1. The van der Waals surface area contributed by atoms with Crippen molar-refractivity contribution in [3.05, 3.63) is 63.2 Å². The molecule has 29 heavy (non-hydrogen) atoms. The Bertz CT molecular complexity index is 1040. The third kappa shape index (κ3) is 5.22. The van der Waals surface area contributed by atoms with Crippen molar-refractivity contribution in [3.8, 4) is 6.07 Å². The van der Waals surface area contributed by atoms with Crippen LogP contribution in [-0.4, -0.2) is 20.9 Å². The maximum atomic E-state index is 12.8. The largest absolute Gasteiger partial charge is 0.461 e. The van der Waals surface area contributed by atoms with Gasteiger partial charge in [0, 0.05) is 6.54 Å². The third-order valence-electron chi connectivity index (χ3n) is 5.30. The molecule has 2 rings (SSSR count). The van der Waals surface area contributed by atoms with E-state index in [0.29, 0.717) is 5.56 Å². The number of carbonyl (C=O) groups excluding carboxylic acids is 1. The molecule has 2 aromatic carbocycles.